The minimum atomic E-state index is -0.303. The number of hydrogen-bond acceptors (Lipinski definition) is 2. The number of carbonyl (C=O) groups excluding carboxylic acids is 1. The lowest BCUT2D eigenvalue weighted by atomic mass is 9.97. The molecule has 2 N–H and O–H groups in total. The molecule has 0 aromatic rings. The van der Waals surface area contributed by atoms with Gasteiger partial charge >= 0.3 is 0 Å². The normalized spacial score (nSPS) is 13.0. The third kappa shape index (κ3) is 5.58. The zero-order chi connectivity index (χ0) is 10.4. The van der Waals surface area contributed by atoms with E-state index in [1.165, 1.54) is 0 Å². The van der Waals surface area contributed by atoms with Gasteiger partial charge in [-0.25, -0.2) is 0 Å². The molecular weight excluding hydrogens is 162 g/mol. The van der Waals surface area contributed by atoms with Gasteiger partial charge < -0.3 is 5.73 Å². The summed E-state index contributed by atoms with van der Waals surface area (Å²) in [5, 5.41) is 0. The fraction of sp³-hybridized carbons (Fsp3) is 0.727. The molecule has 0 aliphatic heterocycles. The van der Waals surface area contributed by atoms with E-state index in [9.17, 15) is 4.79 Å². The van der Waals surface area contributed by atoms with Crippen molar-refractivity contribution in [3.8, 4) is 0 Å². The van der Waals surface area contributed by atoms with Crippen LogP contribution in [0.2, 0.25) is 0 Å². The van der Waals surface area contributed by atoms with Gasteiger partial charge in [0.2, 0.25) is 0 Å². The summed E-state index contributed by atoms with van der Waals surface area (Å²) in [5.74, 6) is 0.606. The van der Waals surface area contributed by atoms with E-state index in [0.717, 1.165) is 18.4 Å². The van der Waals surface area contributed by atoms with Crippen LogP contribution < -0.4 is 5.73 Å². The van der Waals surface area contributed by atoms with Gasteiger partial charge in [0.25, 0.3) is 0 Å². The Morgan fingerprint density at radius 2 is 2.00 bits per heavy atom. The van der Waals surface area contributed by atoms with Crippen LogP contribution in [0, 0.1) is 5.92 Å². The van der Waals surface area contributed by atoms with E-state index in [2.05, 4.69) is 20.4 Å². The van der Waals surface area contributed by atoms with E-state index < -0.39 is 0 Å². The smallest absolute Gasteiger partial charge is 0.153 e. The van der Waals surface area contributed by atoms with Gasteiger partial charge in [0.05, 0.1) is 6.04 Å². The molecule has 0 heterocycles. The van der Waals surface area contributed by atoms with Crippen molar-refractivity contribution in [3.05, 3.63) is 12.2 Å². The Morgan fingerprint density at radius 1 is 1.46 bits per heavy atom. The van der Waals surface area contributed by atoms with Crippen LogP contribution in [0.5, 0.6) is 0 Å². The van der Waals surface area contributed by atoms with E-state index in [1.807, 2.05) is 6.92 Å². The molecule has 0 saturated carbocycles. The predicted molar refractivity (Wildman–Crippen MR) is 56.5 cm³/mol. The lowest BCUT2D eigenvalue weighted by Crippen LogP contribution is -2.31. The molecule has 0 saturated heterocycles. The number of ketones is 1. The highest BCUT2D eigenvalue weighted by Crippen LogP contribution is 2.09. The second kappa shape index (κ2) is 5.92. The average molecular weight is 183 g/mol. The van der Waals surface area contributed by atoms with Crippen LogP contribution in [0.3, 0.4) is 0 Å². The lowest BCUT2D eigenvalue weighted by Gasteiger charge is -2.13. The average Bonchev–Trinajstić information content (AvgIpc) is 2.02. The number of allylic oxidation sites excluding steroid dienone is 1. The summed E-state index contributed by atoms with van der Waals surface area (Å²) in [6.07, 6.45) is 2.08. The molecule has 0 amide bonds. The number of hydrogen-bond donors (Lipinski definition) is 1. The molecule has 0 spiro atoms. The molecule has 2 heteroatoms. The highest BCUT2D eigenvalue weighted by atomic mass is 16.1. The SMILES string of the molecule is C=C(CC)CC(=O)C(N)CC(C)C. The Bertz CT molecular complexity index is 185. The highest BCUT2D eigenvalue weighted by Gasteiger charge is 2.14. The molecule has 0 aromatic heterocycles. The summed E-state index contributed by atoms with van der Waals surface area (Å²) in [6, 6.07) is -0.303. The molecular formula is C11H21NO. The monoisotopic (exact) mass is 183 g/mol. The highest BCUT2D eigenvalue weighted by molar-refractivity contribution is 5.85. The molecule has 76 valence electrons. The maximum Gasteiger partial charge on any atom is 0.153 e. The molecule has 1 unspecified atom stereocenters. The number of Topliss-reactive ketones (excluding diaryl/α,β-unsaturated/α-hetero) is 1. The van der Waals surface area contributed by atoms with Crippen molar-refractivity contribution in [2.24, 2.45) is 11.7 Å². The Balaban J connectivity index is 3.89. The van der Waals surface area contributed by atoms with Crippen LogP contribution in [-0.4, -0.2) is 11.8 Å². The lowest BCUT2D eigenvalue weighted by molar-refractivity contribution is -0.120. The summed E-state index contributed by atoms with van der Waals surface area (Å²) in [7, 11) is 0. The number of carbonyl (C=O) groups is 1. The van der Waals surface area contributed by atoms with Crippen LogP contribution in [0.25, 0.3) is 0 Å². The summed E-state index contributed by atoms with van der Waals surface area (Å²) < 4.78 is 0. The zero-order valence-electron chi connectivity index (χ0n) is 8.97. The second-order valence-electron chi connectivity index (χ2n) is 3.98. The van der Waals surface area contributed by atoms with Gasteiger partial charge in [-0.15, -0.1) is 0 Å². The molecule has 0 bridgehead atoms. The molecule has 0 aromatic carbocycles. The van der Waals surface area contributed by atoms with E-state index in [1.54, 1.807) is 0 Å². The molecule has 0 fully saturated rings. The minimum Gasteiger partial charge on any atom is -0.321 e. The fourth-order valence-electron chi connectivity index (χ4n) is 1.14. The van der Waals surface area contributed by atoms with E-state index in [4.69, 9.17) is 5.73 Å². The van der Waals surface area contributed by atoms with E-state index in [0.29, 0.717) is 12.3 Å². The van der Waals surface area contributed by atoms with E-state index in [-0.39, 0.29) is 11.8 Å². The molecule has 0 radical (unpaired) electrons. The molecule has 0 aliphatic rings. The maximum atomic E-state index is 11.5. The Kier molecular flexibility index (Phi) is 5.63. The van der Waals surface area contributed by atoms with E-state index >= 15 is 0 Å². The van der Waals surface area contributed by atoms with Crippen LogP contribution in [0.4, 0.5) is 0 Å². The quantitative estimate of drug-likeness (QED) is 0.642. The number of nitrogens with two attached hydrogens (primary N) is 1. The summed E-state index contributed by atoms with van der Waals surface area (Å²) >= 11 is 0. The Labute approximate surface area is 81.2 Å². The van der Waals surface area contributed by atoms with Crippen molar-refractivity contribution in [3.63, 3.8) is 0 Å². The topological polar surface area (TPSA) is 43.1 Å². The Morgan fingerprint density at radius 3 is 2.38 bits per heavy atom. The van der Waals surface area contributed by atoms with Crippen molar-refractivity contribution in [2.45, 2.75) is 46.1 Å². The van der Waals surface area contributed by atoms with Gasteiger partial charge in [-0.05, 0) is 18.8 Å². The zero-order valence-corrected chi connectivity index (χ0v) is 8.97. The summed E-state index contributed by atoms with van der Waals surface area (Å²) in [5.41, 5.74) is 6.71. The van der Waals surface area contributed by atoms with Crippen molar-refractivity contribution in [1.29, 1.82) is 0 Å². The minimum absolute atomic E-state index is 0.126. The summed E-state index contributed by atoms with van der Waals surface area (Å²) in [6.45, 7) is 9.94. The third-order valence-corrected chi connectivity index (χ3v) is 2.06. The Hall–Kier alpha value is -0.630. The molecule has 13 heavy (non-hydrogen) atoms. The van der Waals surface area contributed by atoms with Gasteiger partial charge in [0.15, 0.2) is 5.78 Å². The largest absolute Gasteiger partial charge is 0.321 e. The van der Waals surface area contributed by atoms with Crippen molar-refractivity contribution < 1.29 is 4.79 Å². The third-order valence-electron chi connectivity index (χ3n) is 2.06. The first kappa shape index (κ1) is 12.4. The van der Waals surface area contributed by atoms with Crippen LogP contribution >= 0.6 is 0 Å². The first-order valence-corrected chi connectivity index (χ1v) is 4.92. The first-order valence-electron chi connectivity index (χ1n) is 4.92. The first-order chi connectivity index (χ1) is 5.97. The summed E-state index contributed by atoms with van der Waals surface area (Å²) in [4.78, 5) is 11.5. The van der Waals surface area contributed by atoms with Gasteiger partial charge in [-0.2, -0.15) is 0 Å². The van der Waals surface area contributed by atoms with Crippen molar-refractivity contribution in [1.82, 2.24) is 0 Å². The van der Waals surface area contributed by atoms with Crippen LogP contribution in [0.15, 0.2) is 12.2 Å². The van der Waals surface area contributed by atoms with Gasteiger partial charge in [-0.1, -0.05) is 32.9 Å². The van der Waals surface area contributed by atoms with Crippen molar-refractivity contribution >= 4 is 5.78 Å². The molecule has 1 atom stereocenters. The predicted octanol–water partition coefficient (Wildman–Crippen LogP) is 2.29. The maximum absolute atomic E-state index is 11.5. The van der Waals surface area contributed by atoms with Gasteiger partial charge in [-0.3, -0.25) is 4.79 Å². The van der Waals surface area contributed by atoms with Gasteiger partial charge in [0, 0.05) is 6.42 Å². The van der Waals surface area contributed by atoms with Crippen LogP contribution in [0.1, 0.15) is 40.0 Å². The molecule has 0 aliphatic carbocycles. The second-order valence-corrected chi connectivity index (χ2v) is 3.98. The van der Waals surface area contributed by atoms with Crippen molar-refractivity contribution in [2.75, 3.05) is 0 Å². The molecule has 0 rings (SSSR count). The number of rotatable bonds is 6. The fourth-order valence-corrected chi connectivity index (χ4v) is 1.14. The molecule has 2 nitrogen and oxygen atoms in total. The standard InChI is InChI=1S/C11H21NO/c1-5-9(4)7-11(13)10(12)6-8(2)3/h8,10H,4-7,12H2,1-3H3. The van der Waals surface area contributed by atoms with Crippen LogP contribution in [-0.2, 0) is 4.79 Å². The van der Waals surface area contributed by atoms with Gasteiger partial charge in [0.1, 0.15) is 0 Å².